The number of carboxylic acid groups (broad SMARTS) is 1. The van der Waals surface area contributed by atoms with Crippen molar-refractivity contribution < 1.29 is 14.8 Å². The highest BCUT2D eigenvalue weighted by atomic mass is 16.6. The van der Waals surface area contributed by atoms with Crippen molar-refractivity contribution in [1.29, 1.82) is 0 Å². The Balaban J connectivity index is 2.45. The van der Waals surface area contributed by atoms with E-state index in [0.29, 0.717) is 18.3 Å². The molecule has 1 N–H and O–H groups in total. The number of nitrogens with zero attached hydrogens (tertiary/aromatic N) is 3. The average molecular weight is 251 g/mol. The van der Waals surface area contributed by atoms with Gasteiger partial charge in [-0.25, -0.2) is 4.79 Å². The molecule has 96 valence electrons. The number of nitro groups is 1. The smallest absolute Gasteiger partial charge is 0.364 e. The Morgan fingerprint density at radius 1 is 1.67 bits per heavy atom. The minimum Gasteiger partial charge on any atom is -0.478 e. The second-order valence-corrected chi connectivity index (χ2v) is 4.14. The molecule has 1 aromatic rings. The second kappa shape index (κ2) is 4.59. The van der Waals surface area contributed by atoms with Crippen LogP contribution in [-0.2, 0) is 0 Å². The van der Waals surface area contributed by atoms with Gasteiger partial charge in [-0.3, -0.25) is 0 Å². The summed E-state index contributed by atoms with van der Waals surface area (Å²) in [6.07, 6.45) is 3.32. The van der Waals surface area contributed by atoms with Crippen molar-refractivity contribution in [2.45, 2.75) is 25.8 Å². The summed E-state index contributed by atoms with van der Waals surface area (Å²) in [5, 5.41) is 19.8. The van der Waals surface area contributed by atoms with Crippen molar-refractivity contribution in [3.05, 3.63) is 27.9 Å². The molecule has 1 aliphatic carbocycles. The molecule has 0 spiro atoms. The van der Waals surface area contributed by atoms with Crippen molar-refractivity contribution in [3.8, 4) is 0 Å². The van der Waals surface area contributed by atoms with Gasteiger partial charge in [0, 0.05) is 12.6 Å². The van der Waals surface area contributed by atoms with Gasteiger partial charge in [-0.2, -0.15) is 0 Å². The van der Waals surface area contributed by atoms with E-state index in [1.807, 2.05) is 11.8 Å². The predicted molar refractivity (Wildman–Crippen MR) is 63.9 cm³/mol. The van der Waals surface area contributed by atoms with E-state index in [1.54, 1.807) is 0 Å². The van der Waals surface area contributed by atoms with Crippen LogP contribution in [0.5, 0.6) is 0 Å². The van der Waals surface area contributed by atoms with Crippen molar-refractivity contribution in [2.24, 2.45) is 0 Å². The molecule has 0 amide bonds. The topological polar surface area (TPSA) is 96.6 Å². The molecule has 0 saturated heterocycles. The summed E-state index contributed by atoms with van der Waals surface area (Å²) < 4.78 is 0. The van der Waals surface area contributed by atoms with Crippen LogP contribution in [0.25, 0.3) is 0 Å². The monoisotopic (exact) mass is 251 g/mol. The Morgan fingerprint density at radius 3 is 2.78 bits per heavy atom. The molecule has 7 heteroatoms. The van der Waals surface area contributed by atoms with Gasteiger partial charge in [-0.1, -0.05) is 0 Å². The molecule has 0 radical (unpaired) electrons. The van der Waals surface area contributed by atoms with E-state index in [0.717, 1.165) is 18.9 Å². The van der Waals surface area contributed by atoms with Crippen LogP contribution in [0.3, 0.4) is 0 Å². The number of pyridine rings is 1. The number of hydrogen-bond donors (Lipinski definition) is 1. The lowest BCUT2D eigenvalue weighted by atomic mass is 10.2. The Labute approximate surface area is 103 Å². The maximum Gasteiger partial charge on any atom is 0.364 e. The lowest BCUT2D eigenvalue weighted by molar-refractivity contribution is -0.389. The zero-order valence-electron chi connectivity index (χ0n) is 9.87. The normalized spacial score (nSPS) is 14.3. The summed E-state index contributed by atoms with van der Waals surface area (Å²) in [5.41, 5.74) is 0.392. The summed E-state index contributed by atoms with van der Waals surface area (Å²) in [4.78, 5) is 26.7. The zero-order valence-corrected chi connectivity index (χ0v) is 9.87. The molecule has 2 rings (SSSR count). The zero-order chi connectivity index (χ0) is 13.3. The standard InChI is InChI=1S/C11H13N3O4/c1-2-13(7-3-4-7)9-6-12-10(14(17)18)5-8(9)11(15)16/h5-7H,2-4H2,1H3,(H,15,16). The summed E-state index contributed by atoms with van der Waals surface area (Å²) in [7, 11) is 0. The van der Waals surface area contributed by atoms with E-state index in [2.05, 4.69) is 4.98 Å². The van der Waals surface area contributed by atoms with Gasteiger partial charge in [-0.05, 0) is 29.7 Å². The first-order valence-corrected chi connectivity index (χ1v) is 5.69. The summed E-state index contributed by atoms with van der Waals surface area (Å²) >= 11 is 0. The lowest BCUT2D eigenvalue weighted by Crippen LogP contribution is -2.27. The van der Waals surface area contributed by atoms with Crippen LogP contribution in [0.4, 0.5) is 11.5 Å². The summed E-state index contributed by atoms with van der Waals surface area (Å²) in [6, 6.07) is 1.35. The largest absolute Gasteiger partial charge is 0.478 e. The molecule has 1 heterocycles. The number of hydrogen-bond acceptors (Lipinski definition) is 5. The number of anilines is 1. The van der Waals surface area contributed by atoms with E-state index in [4.69, 9.17) is 5.11 Å². The molecule has 18 heavy (non-hydrogen) atoms. The van der Waals surface area contributed by atoms with Crippen molar-refractivity contribution in [2.75, 3.05) is 11.4 Å². The van der Waals surface area contributed by atoms with Crippen LogP contribution in [0, 0.1) is 10.1 Å². The average Bonchev–Trinajstić information content (AvgIpc) is 3.14. The molecule has 1 aromatic heterocycles. The van der Waals surface area contributed by atoms with Crippen LogP contribution in [0.2, 0.25) is 0 Å². The van der Waals surface area contributed by atoms with Crippen molar-refractivity contribution in [3.63, 3.8) is 0 Å². The molecule has 0 bridgehead atoms. The third-order valence-corrected chi connectivity index (χ3v) is 2.92. The number of aromatic carboxylic acids is 1. The maximum atomic E-state index is 11.2. The molecule has 0 aliphatic heterocycles. The molecule has 0 atom stereocenters. The minimum atomic E-state index is -1.17. The first-order chi connectivity index (χ1) is 8.54. The Morgan fingerprint density at radius 2 is 2.33 bits per heavy atom. The van der Waals surface area contributed by atoms with Gasteiger partial charge in [0.15, 0.2) is 6.20 Å². The highest BCUT2D eigenvalue weighted by Crippen LogP contribution is 2.33. The SMILES string of the molecule is CCN(c1cnc([N+](=O)[O-])cc1C(=O)O)C1CC1. The summed E-state index contributed by atoms with van der Waals surface area (Å²) in [5.74, 6) is -1.61. The molecule has 0 aromatic carbocycles. The molecule has 1 saturated carbocycles. The van der Waals surface area contributed by atoms with Gasteiger partial charge in [0.1, 0.15) is 0 Å². The fraction of sp³-hybridized carbons (Fsp3) is 0.455. The van der Waals surface area contributed by atoms with Gasteiger partial charge < -0.3 is 20.1 Å². The van der Waals surface area contributed by atoms with Gasteiger partial charge in [-0.15, -0.1) is 0 Å². The quantitative estimate of drug-likeness (QED) is 0.631. The molecular weight excluding hydrogens is 238 g/mol. The lowest BCUT2D eigenvalue weighted by Gasteiger charge is -2.22. The molecule has 7 nitrogen and oxygen atoms in total. The highest BCUT2D eigenvalue weighted by molar-refractivity contribution is 5.95. The van der Waals surface area contributed by atoms with Crippen LogP contribution in [-0.4, -0.2) is 33.6 Å². The van der Waals surface area contributed by atoms with Gasteiger partial charge in [0.05, 0.1) is 17.3 Å². The second-order valence-electron chi connectivity index (χ2n) is 4.14. The third-order valence-electron chi connectivity index (χ3n) is 2.92. The highest BCUT2D eigenvalue weighted by Gasteiger charge is 2.32. The molecule has 0 unspecified atom stereocenters. The van der Waals surface area contributed by atoms with E-state index < -0.39 is 16.7 Å². The van der Waals surface area contributed by atoms with Crippen molar-refractivity contribution >= 4 is 17.5 Å². The molecule has 1 aliphatic rings. The Kier molecular flexibility index (Phi) is 3.14. The van der Waals surface area contributed by atoms with E-state index in [1.165, 1.54) is 6.20 Å². The number of aromatic nitrogens is 1. The Bertz CT molecular complexity index is 499. The third kappa shape index (κ3) is 2.24. The fourth-order valence-electron chi connectivity index (χ4n) is 1.95. The maximum absolute atomic E-state index is 11.2. The fourth-order valence-corrected chi connectivity index (χ4v) is 1.95. The molecular formula is C11H13N3O4. The van der Waals surface area contributed by atoms with Gasteiger partial charge in [0.25, 0.3) is 0 Å². The van der Waals surface area contributed by atoms with Crippen LogP contribution in [0.15, 0.2) is 12.3 Å². The van der Waals surface area contributed by atoms with Crippen molar-refractivity contribution in [1.82, 2.24) is 4.98 Å². The van der Waals surface area contributed by atoms with E-state index in [9.17, 15) is 14.9 Å². The molecule has 1 fully saturated rings. The number of carbonyl (C=O) groups is 1. The summed E-state index contributed by atoms with van der Waals surface area (Å²) in [6.45, 7) is 2.58. The number of rotatable bonds is 5. The van der Waals surface area contributed by atoms with E-state index >= 15 is 0 Å². The van der Waals surface area contributed by atoms with E-state index in [-0.39, 0.29) is 5.56 Å². The van der Waals surface area contributed by atoms with Crippen LogP contribution < -0.4 is 4.90 Å². The van der Waals surface area contributed by atoms with Gasteiger partial charge in [0.2, 0.25) is 0 Å². The first kappa shape index (κ1) is 12.3. The van der Waals surface area contributed by atoms with Crippen LogP contribution in [0.1, 0.15) is 30.1 Å². The first-order valence-electron chi connectivity index (χ1n) is 5.69. The number of carboxylic acids is 1. The predicted octanol–water partition coefficient (Wildman–Crippen LogP) is 1.68. The van der Waals surface area contributed by atoms with Crippen LogP contribution >= 0.6 is 0 Å². The van der Waals surface area contributed by atoms with Gasteiger partial charge >= 0.3 is 11.8 Å². The Hall–Kier alpha value is -2.18. The minimum absolute atomic E-state index is 0.0644.